The van der Waals surface area contributed by atoms with Crippen molar-refractivity contribution >= 4 is 41.3 Å². The summed E-state index contributed by atoms with van der Waals surface area (Å²) < 4.78 is 11.2. The van der Waals surface area contributed by atoms with Crippen LogP contribution in [0, 0.1) is 0 Å². The molecule has 2 aliphatic heterocycles. The van der Waals surface area contributed by atoms with Crippen molar-refractivity contribution in [3.8, 4) is 0 Å². The van der Waals surface area contributed by atoms with E-state index < -0.39 is 0 Å². The smallest absolute Gasteiger partial charge is 0.191 e. The zero-order valence-electron chi connectivity index (χ0n) is 13.6. The van der Waals surface area contributed by atoms with E-state index in [1.54, 1.807) is 18.4 Å². The first-order valence-electron chi connectivity index (χ1n) is 7.96. The minimum atomic E-state index is -0.208. The topological polar surface area (TPSA) is 60.1 Å². The fourth-order valence-corrected chi connectivity index (χ4v) is 4.05. The number of nitrogens with two attached hydrogens (primary N) is 1. The lowest BCUT2D eigenvalue weighted by molar-refractivity contribution is -0.0829. The van der Waals surface area contributed by atoms with Gasteiger partial charge in [0.15, 0.2) is 5.96 Å². The lowest BCUT2D eigenvalue weighted by Crippen LogP contribution is -2.43. The van der Waals surface area contributed by atoms with Crippen LogP contribution in [0.3, 0.4) is 0 Å². The fourth-order valence-electron chi connectivity index (χ4n) is 3.34. The van der Waals surface area contributed by atoms with Crippen LogP contribution in [0.5, 0.6) is 0 Å². The van der Waals surface area contributed by atoms with E-state index in [0.29, 0.717) is 18.5 Å². The van der Waals surface area contributed by atoms with Crippen LogP contribution in [-0.2, 0) is 9.47 Å². The summed E-state index contributed by atoms with van der Waals surface area (Å²) in [6, 6.07) is 2.57. The van der Waals surface area contributed by atoms with E-state index in [2.05, 4.69) is 26.7 Å². The molecule has 0 amide bonds. The summed E-state index contributed by atoms with van der Waals surface area (Å²) in [6.45, 7) is 3.08. The Bertz CT molecular complexity index is 503. The molecule has 23 heavy (non-hydrogen) atoms. The number of halogens is 1. The summed E-state index contributed by atoms with van der Waals surface area (Å²) in [4.78, 5) is 6.92. The molecule has 3 heterocycles. The molecule has 3 rings (SSSR count). The zero-order valence-corrected chi connectivity index (χ0v) is 16.7. The van der Waals surface area contributed by atoms with Crippen molar-refractivity contribution in [3.05, 3.63) is 22.4 Å². The predicted octanol–water partition coefficient (Wildman–Crippen LogP) is 3.01. The standard InChI is InChI=1S/C16H25N3O2S.HI/c1-20-16(5-8-21-9-6-16)12-18-15(17)19-7-2-3-14(19)13-4-10-22-11-13;/h4,10-11,14H,2-3,5-9,12H2,1H3,(H2,17,18);1H. The fraction of sp³-hybridized carbons (Fsp3) is 0.688. The number of nitrogens with zero attached hydrogens (tertiary/aromatic N) is 2. The minimum Gasteiger partial charge on any atom is -0.381 e. The highest BCUT2D eigenvalue weighted by molar-refractivity contribution is 14.0. The lowest BCUT2D eigenvalue weighted by atomic mass is 9.94. The predicted molar refractivity (Wildman–Crippen MR) is 105 cm³/mol. The average molecular weight is 451 g/mol. The maximum Gasteiger partial charge on any atom is 0.191 e. The van der Waals surface area contributed by atoms with Gasteiger partial charge in [-0.3, -0.25) is 4.99 Å². The van der Waals surface area contributed by atoms with Crippen LogP contribution < -0.4 is 5.73 Å². The monoisotopic (exact) mass is 451 g/mol. The second kappa shape index (κ2) is 8.64. The first-order valence-corrected chi connectivity index (χ1v) is 8.90. The number of rotatable bonds is 4. The number of hydrogen-bond donors (Lipinski definition) is 1. The van der Waals surface area contributed by atoms with Crippen molar-refractivity contribution in [2.45, 2.75) is 37.3 Å². The molecular formula is C16H26IN3O2S. The maximum atomic E-state index is 6.30. The number of ether oxygens (including phenoxy) is 2. The second-order valence-electron chi connectivity index (χ2n) is 6.08. The van der Waals surface area contributed by atoms with Gasteiger partial charge in [0.2, 0.25) is 0 Å². The van der Waals surface area contributed by atoms with Gasteiger partial charge in [-0.2, -0.15) is 11.3 Å². The normalized spacial score (nSPS) is 24.5. The van der Waals surface area contributed by atoms with Crippen LogP contribution in [-0.4, -0.2) is 49.9 Å². The third-order valence-electron chi connectivity index (χ3n) is 4.84. The summed E-state index contributed by atoms with van der Waals surface area (Å²) in [5.74, 6) is 0.650. The van der Waals surface area contributed by atoms with Crippen LogP contribution in [0.1, 0.15) is 37.3 Å². The summed E-state index contributed by atoms with van der Waals surface area (Å²) in [5.41, 5.74) is 7.45. The van der Waals surface area contributed by atoms with Gasteiger partial charge in [0, 0.05) is 39.7 Å². The average Bonchev–Trinajstić information content (AvgIpc) is 3.24. The van der Waals surface area contributed by atoms with Crippen molar-refractivity contribution in [1.29, 1.82) is 0 Å². The summed E-state index contributed by atoms with van der Waals surface area (Å²) in [6.07, 6.45) is 4.08. The molecule has 2 aliphatic rings. The van der Waals surface area contributed by atoms with E-state index in [4.69, 9.17) is 15.2 Å². The molecule has 1 aromatic heterocycles. The quantitative estimate of drug-likeness (QED) is 0.435. The van der Waals surface area contributed by atoms with Crippen molar-refractivity contribution < 1.29 is 9.47 Å². The van der Waals surface area contributed by atoms with E-state index >= 15 is 0 Å². The highest BCUT2D eigenvalue weighted by Crippen LogP contribution is 2.33. The molecule has 130 valence electrons. The molecule has 1 atom stereocenters. The Labute approximate surface area is 159 Å². The molecule has 2 N–H and O–H groups in total. The zero-order chi connectivity index (χ0) is 15.4. The number of thiophene rings is 1. The highest BCUT2D eigenvalue weighted by Gasteiger charge is 2.33. The van der Waals surface area contributed by atoms with E-state index in [9.17, 15) is 0 Å². The molecule has 0 aliphatic carbocycles. The molecule has 1 unspecified atom stereocenters. The van der Waals surface area contributed by atoms with Gasteiger partial charge in [0.25, 0.3) is 0 Å². The summed E-state index contributed by atoms with van der Waals surface area (Å²) in [7, 11) is 1.76. The van der Waals surface area contributed by atoms with Crippen molar-refractivity contribution in [2.75, 3.05) is 33.4 Å². The third-order valence-corrected chi connectivity index (χ3v) is 5.54. The van der Waals surface area contributed by atoms with Crippen molar-refractivity contribution in [2.24, 2.45) is 10.7 Å². The number of aliphatic imine (C=N–C) groups is 1. The first-order chi connectivity index (χ1) is 10.7. The van der Waals surface area contributed by atoms with Gasteiger partial charge in [0.1, 0.15) is 0 Å². The molecule has 1 aromatic rings. The molecule has 0 bridgehead atoms. The first kappa shape index (κ1) is 19.0. The molecule has 2 saturated heterocycles. The SMILES string of the molecule is COC1(CN=C(N)N2CCCC2c2ccsc2)CCOCC1.I. The van der Waals surface area contributed by atoms with Crippen LogP contribution in [0.15, 0.2) is 21.8 Å². The van der Waals surface area contributed by atoms with Crippen LogP contribution in [0.2, 0.25) is 0 Å². The molecular weight excluding hydrogens is 425 g/mol. The Morgan fingerprint density at radius 3 is 2.96 bits per heavy atom. The molecule has 0 radical (unpaired) electrons. The Hall–Kier alpha value is -0.380. The molecule has 2 fully saturated rings. The molecule has 0 saturated carbocycles. The number of guanidine groups is 1. The van der Waals surface area contributed by atoms with Crippen molar-refractivity contribution in [3.63, 3.8) is 0 Å². The van der Waals surface area contributed by atoms with E-state index in [1.807, 2.05) is 0 Å². The summed E-state index contributed by atoms with van der Waals surface area (Å²) >= 11 is 1.74. The number of methoxy groups -OCH3 is 1. The van der Waals surface area contributed by atoms with Gasteiger partial charge in [-0.05, 0) is 35.2 Å². The Morgan fingerprint density at radius 1 is 1.52 bits per heavy atom. The molecule has 7 heteroatoms. The van der Waals surface area contributed by atoms with Gasteiger partial charge in [-0.1, -0.05) is 0 Å². The third kappa shape index (κ3) is 4.37. The molecule has 5 nitrogen and oxygen atoms in total. The van der Waals surface area contributed by atoms with Gasteiger partial charge in [0.05, 0.1) is 18.2 Å². The van der Waals surface area contributed by atoms with Gasteiger partial charge in [-0.15, -0.1) is 24.0 Å². The van der Waals surface area contributed by atoms with E-state index in [-0.39, 0.29) is 29.6 Å². The Balaban J connectivity index is 0.00000192. The van der Waals surface area contributed by atoms with Gasteiger partial charge >= 0.3 is 0 Å². The van der Waals surface area contributed by atoms with E-state index in [0.717, 1.165) is 39.0 Å². The minimum absolute atomic E-state index is 0. The van der Waals surface area contributed by atoms with Crippen LogP contribution in [0.25, 0.3) is 0 Å². The highest BCUT2D eigenvalue weighted by atomic mass is 127. The van der Waals surface area contributed by atoms with Gasteiger partial charge in [-0.25, -0.2) is 0 Å². The van der Waals surface area contributed by atoms with Crippen molar-refractivity contribution in [1.82, 2.24) is 4.90 Å². The lowest BCUT2D eigenvalue weighted by Gasteiger charge is -2.35. The summed E-state index contributed by atoms with van der Waals surface area (Å²) in [5, 5.41) is 4.34. The maximum absolute atomic E-state index is 6.30. The largest absolute Gasteiger partial charge is 0.381 e. The Morgan fingerprint density at radius 2 is 2.30 bits per heavy atom. The van der Waals surface area contributed by atoms with Crippen LogP contribution >= 0.6 is 35.3 Å². The Kier molecular flexibility index (Phi) is 7.12. The van der Waals surface area contributed by atoms with Crippen LogP contribution in [0.4, 0.5) is 0 Å². The number of hydrogen-bond acceptors (Lipinski definition) is 4. The number of likely N-dealkylation sites (tertiary alicyclic amines) is 1. The van der Waals surface area contributed by atoms with E-state index in [1.165, 1.54) is 12.0 Å². The second-order valence-corrected chi connectivity index (χ2v) is 6.86. The molecule has 0 spiro atoms. The van der Waals surface area contributed by atoms with Gasteiger partial charge < -0.3 is 20.1 Å². The molecule has 0 aromatic carbocycles.